The topological polar surface area (TPSA) is 66.4 Å². The van der Waals surface area contributed by atoms with Gasteiger partial charge in [0.2, 0.25) is 10.0 Å². The largest absolute Gasteiger partial charge is 0.416 e. The van der Waals surface area contributed by atoms with E-state index in [2.05, 4.69) is 4.72 Å². The molecule has 0 amide bonds. The van der Waals surface area contributed by atoms with Crippen LogP contribution in [0.1, 0.15) is 16.5 Å². The van der Waals surface area contributed by atoms with E-state index < -0.39 is 32.8 Å². The van der Waals surface area contributed by atoms with Crippen LogP contribution in [-0.2, 0) is 16.2 Å². The van der Waals surface area contributed by atoms with E-state index in [-0.39, 0.29) is 6.54 Å². The number of benzene rings is 1. The first-order valence-electron chi connectivity index (χ1n) is 7.64. The van der Waals surface area contributed by atoms with Crippen LogP contribution >= 0.6 is 22.7 Å². The number of thiophene rings is 2. The smallest absolute Gasteiger partial charge is 0.386 e. The molecular formula is C17H14F3NO3S3. The first kappa shape index (κ1) is 20.0. The lowest BCUT2D eigenvalue weighted by molar-refractivity contribution is -0.137. The predicted octanol–water partition coefficient (Wildman–Crippen LogP) is 4.51. The summed E-state index contributed by atoms with van der Waals surface area (Å²) in [4.78, 5) is 0.989. The summed E-state index contributed by atoms with van der Waals surface area (Å²) in [5.41, 5.74) is -0.0439. The van der Waals surface area contributed by atoms with Gasteiger partial charge < -0.3 is 5.11 Å². The molecule has 0 saturated heterocycles. The normalized spacial score (nSPS) is 13.6. The van der Waals surface area contributed by atoms with Crippen LogP contribution in [0.2, 0.25) is 0 Å². The molecule has 3 rings (SSSR count). The fourth-order valence-corrected chi connectivity index (χ4v) is 5.11. The number of hydrogen-bond acceptors (Lipinski definition) is 5. The summed E-state index contributed by atoms with van der Waals surface area (Å²) < 4.78 is 64.9. The van der Waals surface area contributed by atoms with Crippen molar-refractivity contribution in [3.05, 3.63) is 63.7 Å². The Balaban J connectivity index is 1.70. The molecule has 144 valence electrons. The molecule has 4 nitrogen and oxygen atoms in total. The van der Waals surface area contributed by atoms with Crippen molar-refractivity contribution in [2.24, 2.45) is 0 Å². The van der Waals surface area contributed by atoms with E-state index in [1.807, 2.05) is 22.9 Å². The number of aliphatic hydroxyl groups is 1. The highest BCUT2D eigenvalue weighted by atomic mass is 32.2. The van der Waals surface area contributed by atoms with Crippen molar-refractivity contribution in [2.45, 2.75) is 17.2 Å². The Morgan fingerprint density at radius 2 is 1.93 bits per heavy atom. The van der Waals surface area contributed by atoms with E-state index in [4.69, 9.17) is 0 Å². The molecule has 0 aliphatic rings. The molecule has 0 radical (unpaired) electrons. The quantitative estimate of drug-likeness (QED) is 0.601. The molecule has 10 heteroatoms. The second-order valence-corrected chi connectivity index (χ2v) is 9.27. The Kier molecular flexibility index (Phi) is 5.73. The fourth-order valence-electron chi connectivity index (χ4n) is 2.30. The number of sulfonamides is 1. The van der Waals surface area contributed by atoms with Crippen molar-refractivity contribution >= 4 is 32.7 Å². The standard InChI is InChI=1S/C17H14F3NO3S3/c18-17(19,20)12-2-1-3-13(8-12)27(23,24)21-9-14(22)16-5-4-15(26-16)11-6-7-25-10-11/h1-8,10,14,21-22H,9H2/t14-/m0/s1. The molecule has 0 aliphatic heterocycles. The molecule has 2 heterocycles. The molecule has 0 spiro atoms. The van der Waals surface area contributed by atoms with Gasteiger partial charge in [-0.15, -0.1) is 11.3 Å². The molecular weight excluding hydrogens is 419 g/mol. The first-order chi connectivity index (χ1) is 12.7. The van der Waals surface area contributed by atoms with E-state index in [0.29, 0.717) is 10.9 Å². The number of rotatable bonds is 6. The van der Waals surface area contributed by atoms with Crippen molar-refractivity contribution in [2.75, 3.05) is 6.54 Å². The van der Waals surface area contributed by atoms with Crippen molar-refractivity contribution in [1.82, 2.24) is 4.72 Å². The van der Waals surface area contributed by atoms with Crippen molar-refractivity contribution in [3.8, 4) is 10.4 Å². The Labute approximate surface area is 162 Å². The molecule has 0 aliphatic carbocycles. The van der Waals surface area contributed by atoms with Crippen LogP contribution in [0.25, 0.3) is 10.4 Å². The van der Waals surface area contributed by atoms with Crippen molar-refractivity contribution in [1.29, 1.82) is 0 Å². The van der Waals surface area contributed by atoms with Crippen LogP contribution in [0.3, 0.4) is 0 Å². The molecule has 3 aromatic rings. The Bertz CT molecular complexity index is 1010. The van der Waals surface area contributed by atoms with Gasteiger partial charge in [0.25, 0.3) is 0 Å². The zero-order chi connectivity index (χ0) is 19.7. The average Bonchev–Trinajstić information content (AvgIpc) is 3.30. The first-order valence-corrected chi connectivity index (χ1v) is 10.9. The minimum Gasteiger partial charge on any atom is -0.386 e. The molecule has 1 atom stereocenters. The summed E-state index contributed by atoms with van der Waals surface area (Å²) in [6.07, 6.45) is -5.75. The predicted molar refractivity (Wildman–Crippen MR) is 99.2 cm³/mol. The van der Waals surface area contributed by atoms with Crippen LogP contribution in [0.15, 0.2) is 58.1 Å². The number of alkyl halides is 3. The average molecular weight is 433 g/mol. The van der Waals surface area contributed by atoms with Crippen LogP contribution in [0, 0.1) is 0 Å². The van der Waals surface area contributed by atoms with Crippen LogP contribution in [0.5, 0.6) is 0 Å². The maximum absolute atomic E-state index is 12.8. The van der Waals surface area contributed by atoms with Gasteiger partial charge in [0, 0.05) is 21.9 Å². The molecule has 0 unspecified atom stereocenters. The number of halogens is 3. The van der Waals surface area contributed by atoms with E-state index in [0.717, 1.165) is 28.6 Å². The monoisotopic (exact) mass is 433 g/mol. The van der Waals surface area contributed by atoms with E-state index >= 15 is 0 Å². The lowest BCUT2D eigenvalue weighted by Crippen LogP contribution is -2.28. The molecule has 2 N–H and O–H groups in total. The van der Waals surface area contributed by atoms with Gasteiger partial charge in [-0.2, -0.15) is 24.5 Å². The minimum absolute atomic E-state index is 0.345. The highest BCUT2D eigenvalue weighted by Crippen LogP contribution is 2.33. The van der Waals surface area contributed by atoms with E-state index in [1.54, 1.807) is 6.07 Å². The maximum atomic E-state index is 12.8. The van der Waals surface area contributed by atoms with Crippen molar-refractivity contribution < 1.29 is 26.7 Å². The fraction of sp³-hybridized carbons (Fsp3) is 0.176. The minimum atomic E-state index is -4.64. The second kappa shape index (κ2) is 7.72. The van der Waals surface area contributed by atoms with E-state index in [9.17, 15) is 26.7 Å². The van der Waals surface area contributed by atoms with Gasteiger partial charge in [-0.1, -0.05) is 6.07 Å². The van der Waals surface area contributed by atoms with Gasteiger partial charge in [-0.05, 0) is 47.2 Å². The lowest BCUT2D eigenvalue weighted by Gasteiger charge is -2.12. The highest BCUT2D eigenvalue weighted by Gasteiger charge is 2.31. The molecule has 1 aromatic carbocycles. The van der Waals surface area contributed by atoms with Crippen molar-refractivity contribution in [3.63, 3.8) is 0 Å². The third-order valence-corrected chi connectivity index (χ3v) is 7.04. The molecule has 0 bridgehead atoms. The van der Waals surface area contributed by atoms with Gasteiger partial charge in [0.05, 0.1) is 10.5 Å². The molecule has 0 saturated carbocycles. The molecule has 27 heavy (non-hydrogen) atoms. The zero-order valence-electron chi connectivity index (χ0n) is 13.6. The highest BCUT2D eigenvalue weighted by molar-refractivity contribution is 7.89. The SMILES string of the molecule is O=S(=O)(NC[C@H](O)c1ccc(-c2ccsc2)s1)c1cccc(C(F)(F)F)c1. The number of nitrogens with one attached hydrogen (secondary N) is 1. The molecule has 2 aromatic heterocycles. The summed E-state index contributed by atoms with van der Waals surface area (Å²) in [6.45, 7) is -0.345. The van der Waals surface area contributed by atoms with Gasteiger partial charge in [-0.3, -0.25) is 0 Å². The van der Waals surface area contributed by atoms with Crippen LogP contribution < -0.4 is 4.72 Å². The maximum Gasteiger partial charge on any atom is 0.416 e. The number of aliphatic hydroxyl groups excluding tert-OH is 1. The number of hydrogen-bond donors (Lipinski definition) is 2. The summed E-state index contributed by atoms with van der Waals surface area (Å²) in [5, 5.41) is 14.1. The summed E-state index contributed by atoms with van der Waals surface area (Å²) in [7, 11) is -4.19. The Morgan fingerprint density at radius 1 is 1.15 bits per heavy atom. The van der Waals surface area contributed by atoms with E-state index in [1.165, 1.54) is 22.7 Å². The van der Waals surface area contributed by atoms with Crippen LogP contribution in [-0.4, -0.2) is 20.1 Å². The summed E-state index contributed by atoms with van der Waals surface area (Å²) in [6, 6.07) is 8.92. The van der Waals surface area contributed by atoms with Gasteiger partial charge in [0.1, 0.15) is 6.10 Å². The lowest BCUT2D eigenvalue weighted by atomic mass is 10.2. The zero-order valence-corrected chi connectivity index (χ0v) is 16.1. The molecule has 0 fully saturated rings. The summed E-state index contributed by atoms with van der Waals surface area (Å²) >= 11 is 2.86. The van der Waals surface area contributed by atoms with Gasteiger partial charge in [0.15, 0.2) is 0 Å². The van der Waals surface area contributed by atoms with Crippen LogP contribution in [0.4, 0.5) is 13.2 Å². The van der Waals surface area contributed by atoms with Gasteiger partial charge >= 0.3 is 6.18 Å². The third kappa shape index (κ3) is 4.77. The third-order valence-electron chi connectivity index (χ3n) is 3.70. The van der Waals surface area contributed by atoms with Gasteiger partial charge in [-0.25, -0.2) is 13.1 Å². The summed E-state index contributed by atoms with van der Waals surface area (Å²) in [5.74, 6) is 0. The Hall–Kier alpha value is -1.72. The Morgan fingerprint density at radius 3 is 2.59 bits per heavy atom. The second-order valence-electron chi connectivity index (χ2n) is 5.61.